The first kappa shape index (κ1) is 12.5. The first-order chi connectivity index (χ1) is 6.26. The molecule has 0 aromatic carbocycles. The molecule has 13 heavy (non-hydrogen) atoms. The van der Waals surface area contributed by atoms with E-state index in [1.54, 1.807) is 0 Å². The van der Waals surface area contributed by atoms with Gasteiger partial charge in [0.1, 0.15) is 0 Å². The van der Waals surface area contributed by atoms with Gasteiger partial charge in [0, 0.05) is 12.5 Å². The van der Waals surface area contributed by atoms with Crippen molar-refractivity contribution in [2.45, 2.75) is 58.9 Å². The lowest BCUT2D eigenvalue weighted by atomic mass is 9.90. The Morgan fingerprint density at radius 2 is 2.00 bits per heavy atom. The van der Waals surface area contributed by atoms with Crippen LogP contribution in [0.4, 0.5) is 0 Å². The lowest BCUT2D eigenvalue weighted by Crippen LogP contribution is -2.29. The molecule has 0 radical (unpaired) electrons. The zero-order valence-corrected chi connectivity index (χ0v) is 9.27. The molecule has 0 aromatic rings. The third-order valence-corrected chi connectivity index (χ3v) is 2.57. The van der Waals surface area contributed by atoms with Crippen LogP contribution in [0.3, 0.4) is 0 Å². The van der Waals surface area contributed by atoms with Gasteiger partial charge >= 0.3 is 0 Å². The second-order valence-electron chi connectivity index (χ2n) is 3.61. The van der Waals surface area contributed by atoms with E-state index in [0.29, 0.717) is 5.92 Å². The Kier molecular flexibility index (Phi) is 7.83. The van der Waals surface area contributed by atoms with Gasteiger partial charge in [-0.2, -0.15) is 0 Å². The Morgan fingerprint density at radius 1 is 1.31 bits per heavy atom. The topological polar surface area (TPSA) is 26.0 Å². The average Bonchev–Trinajstić information content (AvgIpc) is 2.16. The van der Waals surface area contributed by atoms with E-state index in [4.69, 9.17) is 5.73 Å². The summed E-state index contributed by atoms with van der Waals surface area (Å²) in [5, 5.41) is 0. The maximum Gasteiger partial charge on any atom is 0.0243 e. The molecule has 0 aliphatic rings. The molecular weight excluding hydrogens is 158 g/mol. The van der Waals surface area contributed by atoms with Gasteiger partial charge in [-0.25, -0.2) is 0 Å². The molecule has 0 saturated heterocycles. The first-order valence-corrected chi connectivity index (χ1v) is 5.41. The second kappa shape index (κ2) is 8.13. The molecular formula is C12H23N. The van der Waals surface area contributed by atoms with E-state index in [0.717, 1.165) is 6.42 Å². The number of hydrogen-bond donors (Lipinski definition) is 1. The predicted octanol–water partition coefficient (Wildman–Crippen LogP) is 2.94. The molecule has 0 spiro atoms. The number of unbranched alkanes of at least 4 members (excludes halogenated alkanes) is 1. The smallest absolute Gasteiger partial charge is 0.0243 e. The van der Waals surface area contributed by atoms with Crippen LogP contribution in [0.1, 0.15) is 52.9 Å². The highest BCUT2D eigenvalue weighted by Crippen LogP contribution is 2.17. The van der Waals surface area contributed by atoms with Gasteiger partial charge in [-0.15, -0.1) is 11.8 Å². The Morgan fingerprint density at radius 3 is 2.46 bits per heavy atom. The first-order valence-electron chi connectivity index (χ1n) is 5.41. The predicted molar refractivity (Wildman–Crippen MR) is 59.3 cm³/mol. The summed E-state index contributed by atoms with van der Waals surface area (Å²) < 4.78 is 0. The molecule has 2 N–H and O–H groups in total. The number of hydrogen-bond acceptors (Lipinski definition) is 1. The van der Waals surface area contributed by atoms with Gasteiger partial charge in [0.2, 0.25) is 0 Å². The molecule has 1 heteroatoms. The average molecular weight is 181 g/mol. The van der Waals surface area contributed by atoms with Crippen molar-refractivity contribution in [2.75, 3.05) is 0 Å². The van der Waals surface area contributed by atoms with Crippen molar-refractivity contribution in [3.05, 3.63) is 0 Å². The van der Waals surface area contributed by atoms with Crippen LogP contribution in [-0.2, 0) is 0 Å². The highest BCUT2D eigenvalue weighted by Gasteiger charge is 2.13. The number of rotatable bonds is 6. The Balaban J connectivity index is 3.81. The van der Waals surface area contributed by atoms with Crippen molar-refractivity contribution in [1.82, 2.24) is 0 Å². The summed E-state index contributed by atoms with van der Waals surface area (Å²) in [5.41, 5.74) is 6.05. The molecule has 0 saturated carbocycles. The van der Waals surface area contributed by atoms with Gasteiger partial charge in [0.15, 0.2) is 0 Å². The number of nitrogens with two attached hydrogens (primary N) is 1. The minimum Gasteiger partial charge on any atom is -0.327 e. The normalized spacial score (nSPS) is 14.5. The largest absolute Gasteiger partial charge is 0.327 e. The van der Waals surface area contributed by atoms with Crippen molar-refractivity contribution < 1.29 is 0 Å². The Hall–Kier alpha value is -0.480. The van der Waals surface area contributed by atoms with Crippen LogP contribution >= 0.6 is 0 Å². The highest BCUT2D eigenvalue weighted by atomic mass is 14.6. The van der Waals surface area contributed by atoms with Crippen LogP contribution in [0.15, 0.2) is 0 Å². The van der Waals surface area contributed by atoms with Crippen molar-refractivity contribution in [1.29, 1.82) is 0 Å². The molecule has 0 heterocycles. The van der Waals surface area contributed by atoms with Gasteiger partial charge in [-0.3, -0.25) is 0 Å². The molecule has 2 atom stereocenters. The van der Waals surface area contributed by atoms with Crippen LogP contribution in [-0.4, -0.2) is 6.04 Å². The molecule has 0 amide bonds. The summed E-state index contributed by atoms with van der Waals surface area (Å²) in [5.74, 6) is 6.64. The van der Waals surface area contributed by atoms with E-state index in [1.165, 1.54) is 25.7 Å². The van der Waals surface area contributed by atoms with Gasteiger partial charge in [-0.05, 0) is 19.3 Å². The standard InChI is InChI=1S/C12H23N/c1-4-7-9-11(6-3)12(13)10-8-5-2/h11-12H,4,6-7,9-10,13H2,1-3H3. The van der Waals surface area contributed by atoms with Crippen molar-refractivity contribution in [3.8, 4) is 11.8 Å². The monoisotopic (exact) mass is 181 g/mol. The molecule has 0 bridgehead atoms. The fourth-order valence-corrected chi connectivity index (χ4v) is 1.57. The van der Waals surface area contributed by atoms with Crippen molar-refractivity contribution in [3.63, 3.8) is 0 Å². The van der Waals surface area contributed by atoms with Gasteiger partial charge in [0.05, 0.1) is 0 Å². The summed E-state index contributed by atoms with van der Waals surface area (Å²) >= 11 is 0. The Labute approximate surface area is 83.1 Å². The summed E-state index contributed by atoms with van der Waals surface area (Å²) in [6.07, 6.45) is 5.87. The fraction of sp³-hybridized carbons (Fsp3) is 0.833. The minimum absolute atomic E-state index is 0.281. The van der Waals surface area contributed by atoms with Gasteiger partial charge < -0.3 is 5.73 Å². The SMILES string of the molecule is CC#CCC(N)C(CC)CCCC. The molecule has 1 nitrogen and oxygen atoms in total. The van der Waals surface area contributed by atoms with Crippen molar-refractivity contribution in [2.24, 2.45) is 11.7 Å². The lowest BCUT2D eigenvalue weighted by molar-refractivity contribution is 0.375. The summed E-state index contributed by atoms with van der Waals surface area (Å²) in [7, 11) is 0. The van der Waals surface area contributed by atoms with Crippen LogP contribution in [0, 0.1) is 17.8 Å². The maximum absolute atomic E-state index is 6.05. The summed E-state index contributed by atoms with van der Waals surface area (Å²) in [4.78, 5) is 0. The van der Waals surface area contributed by atoms with E-state index in [9.17, 15) is 0 Å². The summed E-state index contributed by atoms with van der Waals surface area (Å²) in [6, 6.07) is 0.281. The summed E-state index contributed by atoms with van der Waals surface area (Å²) in [6.45, 7) is 6.32. The van der Waals surface area contributed by atoms with E-state index >= 15 is 0 Å². The highest BCUT2D eigenvalue weighted by molar-refractivity contribution is 4.98. The van der Waals surface area contributed by atoms with E-state index in [1.807, 2.05) is 6.92 Å². The van der Waals surface area contributed by atoms with Crippen LogP contribution in [0.2, 0.25) is 0 Å². The lowest BCUT2D eigenvalue weighted by Gasteiger charge is -2.20. The van der Waals surface area contributed by atoms with Crippen molar-refractivity contribution >= 4 is 0 Å². The van der Waals surface area contributed by atoms with Crippen LogP contribution in [0.5, 0.6) is 0 Å². The third-order valence-electron chi connectivity index (χ3n) is 2.57. The molecule has 0 fully saturated rings. The van der Waals surface area contributed by atoms with Gasteiger partial charge in [-0.1, -0.05) is 33.1 Å². The molecule has 0 rings (SSSR count). The molecule has 2 unspecified atom stereocenters. The maximum atomic E-state index is 6.05. The van der Waals surface area contributed by atoms with E-state index < -0.39 is 0 Å². The van der Waals surface area contributed by atoms with Crippen LogP contribution < -0.4 is 5.73 Å². The second-order valence-corrected chi connectivity index (χ2v) is 3.61. The quantitative estimate of drug-likeness (QED) is 0.626. The molecule has 76 valence electrons. The molecule has 0 aliphatic carbocycles. The van der Waals surface area contributed by atoms with E-state index in [2.05, 4.69) is 25.7 Å². The Bertz CT molecular complexity index is 164. The minimum atomic E-state index is 0.281. The zero-order valence-electron chi connectivity index (χ0n) is 9.27. The fourth-order valence-electron chi connectivity index (χ4n) is 1.57. The van der Waals surface area contributed by atoms with E-state index in [-0.39, 0.29) is 6.04 Å². The molecule has 0 aliphatic heterocycles. The third kappa shape index (κ3) is 5.71. The zero-order chi connectivity index (χ0) is 10.1. The molecule has 0 aromatic heterocycles. The van der Waals surface area contributed by atoms with Gasteiger partial charge in [0.25, 0.3) is 0 Å². The van der Waals surface area contributed by atoms with Crippen LogP contribution in [0.25, 0.3) is 0 Å².